The first kappa shape index (κ1) is 15.3. The maximum atomic E-state index is 12.2. The lowest BCUT2D eigenvalue weighted by Gasteiger charge is -2.26. The maximum absolute atomic E-state index is 12.2. The second kappa shape index (κ2) is 5.89. The number of carbonyl (C=O) groups excluding carboxylic acids is 1. The third-order valence-corrected chi connectivity index (χ3v) is 4.06. The Morgan fingerprint density at radius 2 is 2.00 bits per heavy atom. The number of ether oxygens (including phenoxy) is 1. The fourth-order valence-electron chi connectivity index (χ4n) is 3.03. The highest BCUT2D eigenvalue weighted by molar-refractivity contribution is 5.68. The first-order valence-corrected chi connectivity index (χ1v) is 7.84. The zero-order valence-electron chi connectivity index (χ0n) is 13.5. The van der Waals surface area contributed by atoms with E-state index in [-0.39, 0.29) is 12.1 Å². The van der Waals surface area contributed by atoms with Gasteiger partial charge in [0.05, 0.1) is 12.6 Å². The Labute approximate surface area is 131 Å². The molecule has 2 heterocycles. The fourth-order valence-corrected chi connectivity index (χ4v) is 3.03. The quantitative estimate of drug-likeness (QED) is 0.842. The van der Waals surface area contributed by atoms with Crippen LogP contribution in [0.2, 0.25) is 0 Å². The summed E-state index contributed by atoms with van der Waals surface area (Å²) >= 11 is 0. The van der Waals surface area contributed by atoms with Crippen molar-refractivity contribution in [3.05, 3.63) is 35.9 Å². The molecular weight excluding hydrogens is 280 g/mol. The summed E-state index contributed by atoms with van der Waals surface area (Å²) in [6, 6.07) is 10.5. The lowest BCUT2D eigenvalue weighted by Crippen LogP contribution is -2.39. The van der Waals surface area contributed by atoms with Crippen LogP contribution in [-0.2, 0) is 16.1 Å². The molecule has 5 nitrogen and oxygen atoms in total. The summed E-state index contributed by atoms with van der Waals surface area (Å²) in [5.41, 5.74) is 0.772. The summed E-state index contributed by atoms with van der Waals surface area (Å²) in [6.07, 6.45) is -0.221. The number of hydrogen-bond acceptors (Lipinski definition) is 4. The monoisotopic (exact) mass is 304 g/mol. The van der Waals surface area contributed by atoms with E-state index in [1.165, 1.54) is 5.56 Å². The molecule has 0 unspecified atom stereocenters. The molecule has 0 aliphatic carbocycles. The Morgan fingerprint density at radius 3 is 2.68 bits per heavy atom. The Kier molecular flexibility index (Phi) is 4.10. The van der Waals surface area contributed by atoms with E-state index in [2.05, 4.69) is 12.1 Å². The first-order valence-electron chi connectivity index (χ1n) is 7.84. The number of nitrogens with zero attached hydrogens (tertiary/aromatic N) is 2. The molecule has 2 atom stereocenters. The molecule has 22 heavy (non-hydrogen) atoms. The van der Waals surface area contributed by atoms with Crippen LogP contribution < -0.4 is 0 Å². The molecule has 0 aromatic heterocycles. The second-order valence-corrected chi connectivity index (χ2v) is 7.07. The van der Waals surface area contributed by atoms with Gasteiger partial charge in [-0.25, -0.2) is 4.79 Å². The van der Waals surface area contributed by atoms with Crippen molar-refractivity contribution in [1.29, 1.82) is 0 Å². The highest BCUT2D eigenvalue weighted by Gasteiger charge is 2.45. The summed E-state index contributed by atoms with van der Waals surface area (Å²) in [7, 11) is 0. The minimum atomic E-state index is -0.449. The largest absolute Gasteiger partial charge is 0.444 e. The molecule has 0 radical (unpaired) electrons. The molecule has 1 amide bonds. The van der Waals surface area contributed by atoms with Crippen LogP contribution in [0, 0.1) is 5.92 Å². The molecule has 2 aliphatic rings. The summed E-state index contributed by atoms with van der Waals surface area (Å²) in [4.78, 5) is 19.8. The Morgan fingerprint density at radius 1 is 1.27 bits per heavy atom. The van der Waals surface area contributed by atoms with E-state index < -0.39 is 5.60 Å². The van der Waals surface area contributed by atoms with E-state index in [9.17, 15) is 4.79 Å². The second-order valence-electron chi connectivity index (χ2n) is 7.07. The van der Waals surface area contributed by atoms with E-state index >= 15 is 0 Å². The third-order valence-electron chi connectivity index (χ3n) is 4.06. The third kappa shape index (κ3) is 3.42. The van der Waals surface area contributed by atoms with Crippen LogP contribution in [-0.4, -0.2) is 47.4 Å². The van der Waals surface area contributed by atoms with Gasteiger partial charge in [-0.15, -0.1) is 0 Å². The minimum absolute atomic E-state index is 0.221. The standard InChI is InChI=1S/C17H24N2O3/c1-17(2,3)22-16(20)18-10-14-12-21-19(15(14)11-18)9-13-7-5-4-6-8-13/h4-8,14-15H,9-12H2,1-3H3/t14-,15-/m0/s1. The minimum Gasteiger partial charge on any atom is -0.444 e. The molecule has 2 saturated heterocycles. The summed E-state index contributed by atoms with van der Waals surface area (Å²) in [6.45, 7) is 8.50. The summed E-state index contributed by atoms with van der Waals surface area (Å²) < 4.78 is 5.47. The number of hydroxylamine groups is 2. The van der Waals surface area contributed by atoms with Gasteiger partial charge in [-0.05, 0) is 26.3 Å². The molecule has 0 bridgehead atoms. The van der Waals surface area contributed by atoms with Crippen LogP contribution in [0.25, 0.3) is 0 Å². The van der Waals surface area contributed by atoms with E-state index in [1.807, 2.05) is 44.0 Å². The molecule has 1 aromatic carbocycles. The normalized spacial score (nSPS) is 25.3. The summed E-state index contributed by atoms with van der Waals surface area (Å²) in [5.74, 6) is 0.372. The van der Waals surface area contributed by atoms with Gasteiger partial charge < -0.3 is 9.64 Å². The predicted octanol–water partition coefficient (Wildman–Crippen LogP) is 2.67. The van der Waals surface area contributed by atoms with E-state index in [0.717, 1.165) is 6.54 Å². The average molecular weight is 304 g/mol. The van der Waals surface area contributed by atoms with Crippen LogP contribution in [0.4, 0.5) is 4.79 Å². The van der Waals surface area contributed by atoms with E-state index in [0.29, 0.717) is 25.6 Å². The maximum Gasteiger partial charge on any atom is 0.410 e. The van der Waals surface area contributed by atoms with Crippen LogP contribution in [0.5, 0.6) is 0 Å². The molecular formula is C17H24N2O3. The lowest BCUT2D eigenvalue weighted by atomic mass is 10.1. The van der Waals surface area contributed by atoms with Crippen molar-refractivity contribution < 1.29 is 14.4 Å². The zero-order chi connectivity index (χ0) is 15.7. The van der Waals surface area contributed by atoms with Gasteiger partial charge in [0.1, 0.15) is 5.60 Å². The molecule has 0 N–H and O–H groups in total. The highest BCUT2D eigenvalue weighted by Crippen LogP contribution is 2.31. The molecule has 0 spiro atoms. The SMILES string of the molecule is CC(C)(C)OC(=O)N1C[C@H]2CON(Cc3ccccc3)[C@H]2C1. The van der Waals surface area contributed by atoms with Gasteiger partial charge in [0.2, 0.25) is 0 Å². The molecule has 5 heteroatoms. The first-order chi connectivity index (χ1) is 10.4. The topological polar surface area (TPSA) is 42.0 Å². The van der Waals surface area contributed by atoms with E-state index in [4.69, 9.17) is 9.57 Å². The number of carbonyl (C=O) groups is 1. The molecule has 2 fully saturated rings. The molecule has 2 aliphatic heterocycles. The Bertz CT molecular complexity index is 526. The number of hydrogen-bond donors (Lipinski definition) is 0. The van der Waals surface area contributed by atoms with Gasteiger partial charge in [0.25, 0.3) is 0 Å². The van der Waals surface area contributed by atoms with Crippen molar-refractivity contribution in [2.45, 2.75) is 39.0 Å². The van der Waals surface area contributed by atoms with Crippen LogP contribution in [0.3, 0.4) is 0 Å². The number of benzene rings is 1. The molecule has 120 valence electrons. The zero-order valence-corrected chi connectivity index (χ0v) is 13.5. The number of rotatable bonds is 2. The Balaban J connectivity index is 1.60. The van der Waals surface area contributed by atoms with Gasteiger partial charge in [-0.1, -0.05) is 30.3 Å². The van der Waals surface area contributed by atoms with Crippen molar-refractivity contribution in [3.63, 3.8) is 0 Å². The van der Waals surface area contributed by atoms with Gasteiger partial charge >= 0.3 is 6.09 Å². The van der Waals surface area contributed by atoms with Crippen LogP contribution >= 0.6 is 0 Å². The van der Waals surface area contributed by atoms with Crippen molar-refractivity contribution in [2.24, 2.45) is 5.92 Å². The van der Waals surface area contributed by atoms with Gasteiger partial charge in [0.15, 0.2) is 0 Å². The smallest absolute Gasteiger partial charge is 0.410 e. The van der Waals surface area contributed by atoms with E-state index in [1.54, 1.807) is 4.90 Å². The predicted molar refractivity (Wildman–Crippen MR) is 83.0 cm³/mol. The molecule has 1 aromatic rings. The lowest BCUT2D eigenvalue weighted by molar-refractivity contribution is -0.142. The van der Waals surface area contributed by atoms with Crippen molar-refractivity contribution >= 4 is 6.09 Å². The number of likely N-dealkylation sites (tertiary alicyclic amines) is 1. The van der Waals surface area contributed by atoms with Crippen LogP contribution in [0.1, 0.15) is 26.3 Å². The average Bonchev–Trinajstić information content (AvgIpc) is 3.00. The highest BCUT2D eigenvalue weighted by atomic mass is 16.7. The fraction of sp³-hybridized carbons (Fsp3) is 0.588. The van der Waals surface area contributed by atoms with Gasteiger partial charge in [0, 0.05) is 25.6 Å². The summed E-state index contributed by atoms with van der Waals surface area (Å²) in [5, 5.41) is 2.02. The van der Waals surface area contributed by atoms with Gasteiger partial charge in [-0.3, -0.25) is 4.84 Å². The van der Waals surface area contributed by atoms with Crippen molar-refractivity contribution in [2.75, 3.05) is 19.7 Å². The number of amides is 1. The van der Waals surface area contributed by atoms with Crippen molar-refractivity contribution in [3.8, 4) is 0 Å². The molecule has 3 rings (SSSR count). The van der Waals surface area contributed by atoms with Crippen molar-refractivity contribution in [1.82, 2.24) is 9.96 Å². The molecule has 0 saturated carbocycles. The van der Waals surface area contributed by atoms with Gasteiger partial charge in [-0.2, -0.15) is 5.06 Å². The number of fused-ring (bicyclic) bond motifs is 1. The Hall–Kier alpha value is -1.59. The van der Waals surface area contributed by atoms with Crippen LogP contribution in [0.15, 0.2) is 30.3 Å².